The molecule has 122 valence electrons. The van der Waals surface area contributed by atoms with E-state index in [1.165, 1.54) is 24.0 Å². The molecule has 2 aromatic carbocycles. The van der Waals surface area contributed by atoms with E-state index in [9.17, 15) is 9.18 Å². The first-order valence-electron chi connectivity index (χ1n) is 6.97. The molecule has 0 bridgehead atoms. The Morgan fingerprint density at radius 3 is 2.71 bits per heavy atom. The quantitative estimate of drug-likeness (QED) is 0.625. The molecular weight excluding hydrogens is 379 g/mol. The Morgan fingerprint density at radius 1 is 1.25 bits per heavy atom. The van der Waals surface area contributed by atoms with Crippen molar-refractivity contribution in [3.05, 3.63) is 58.3 Å². The van der Waals surface area contributed by atoms with Crippen LogP contribution in [0.2, 0.25) is 0 Å². The molecule has 0 amide bonds. The molecular formula is C16H12BrFN4O2. The van der Waals surface area contributed by atoms with Crippen LogP contribution in [0.25, 0.3) is 11.4 Å². The number of benzene rings is 2. The van der Waals surface area contributed by atoms with E-state index in [1.54, 1.807) is 0 Å². The van der Waals surface area contributed by atoms with Crippen LogP contribution < -0.4 is 4.74 Å². The van der Waals surface area contributed by atoms with Gasteiger partial charge in [-0.1, -0.05) is 15.9 Å². The van der Waals surface area contributed by atoms with Gasteiger partial charge in [0.15, 0.2) is 5.78 Å². The average molecular weight is 391 g/mol. The number of ether oxygens (including phenoxy) is 1. The third-order valence-electron chi connectivity index (χ3n) is 3.30. The lowest BCUT2D eigenvalue weighted by molar-refractivity contribution is 0.0958. The molecule has 6 nitrogen and oxygen atoms in total. The highest BCUT2D eigenvalue weighted by Gasteiger charge is 2.16. The van der Waals surface area contributed by atoms with Crippen molar-refractivity contribution in [1.29, 1.82) is 0 Å². The summed E-state index contributed by atoms with van der Waals surface area (Å²) in [6.07, 6.45) is 0. The minimum Gasteiger partial charge on any atom is -0.496 e. The molecule has 0 atom stereocenters. The van der Waals surface area contributed by atoms with Gasteiger partial charge in [0.05, 0.1) is 12.7 Å². The number of halogens is 2. The summed E-state index contributed by atoms with van der Waals surface area (Å²) in [5, 5.41) is 12.0. The van der Waals surface area contributed by atoms with Crippen LogP contribution in [0.4, 0.5) is 4.39 Å². The number of carbonyl (C=O) groups excluding carboxylic acids is 1. The van der Waals surface area contributed by atoms with Crippen LogP contribution in [0, 0.1) is 5.82 Å². The van der Waals surface area contributed by atoms with Gasteiger partial charge < -0.3 is 4.74 Å². The molecule has 3 aromatic rings. The lowest BCUT2D eigenvalue weighted by Crippen LogP contribution is -2.14. The van der Waals surface area contributed by atoms with Crippen molar-refractivity contribution in [2.75, 3.05) is 7.11 Å². The fourth-order valence-corrected chi connectivity index (χ4v) is 2.40. The summed E-state index contributed by atoms with van der Waals surface area (Å²) in [4.78, 5) is 13.5. The van der Waals surface area contributed by atoms with Crippen molar-refractivity contribution in [1.82, 2.24) is 20.2 Å². The monoisotopic (exact) mass is 390 g/mol. The maximum atomic E-state index is 13.4. The van der Waals surface area contributed by atoms with Gasteiger partial charge in [-0.25, -0.2) is 4.39 Å². The van der Waals surface area contributed by atoms with Gasteiger partial charge in [0.2, 0.25) is 5.82 Å². The number of hydrogen-bond donors (Lipinski definition) is 0. The first kappa shape index (κ1) is 16.3. The molecule has 0 aliphatic rings. The summed E-state index contributed by atoms with van der Waals surface area (Å²) in [6, 6.07) is 11.2. The van der Waals surface area contributed by atoms with Gasteiger partial charge in [-0.3, -0.25) is 4.79 Å². The second-order valence-corrected chi connectivity index (χ2v) is 5.83. The van der Waals surface area contributed by atoms with Crippen molar-refractivity contribution < 1.29 is 13.9 Å². The summed E-state index contributed by atoms with van der Waals surface area (Å²) in [5.74, 6) is -0.177. The van der Waals surface area contributed by atoms with Gasteiger partial charge >= 0.3 is 0 Å². The van der Waals surface area contributed by atoms with Crippen LogP contribution in [0.3, 0.4) is 0 Å². The minimum atomic E-state index is -0.513. The van der Waals surface area contributed by atoms with Gasteiger partial charge in [-0.2, -0.15) is 4.80 Å². The molecule has 0 spiro atoms. The number of ketones is 1. The number of nitrogens with zero attached hydrogens (tertiary/aromatic N) is 4. The molecule has 3 rings (SSSR count). The number of methoxy groups -OCH3 is 1. The fraction of sp³-hybridized carbons (Fsp3) is 0.125. The fourth-order valence-electron chi connectivity index (χ4n) is 2.14. The zero-order valence-corrected chi connectivity index (χ0v) is 14.2. The summed E-state index contributed by atoms with van der Waals surface area (Å²) < 4.78 is 19.4. The zero-order valence-electron chi connectivity index (χ0n) is 12.6. The van der Waals surface area contributed by atoms with E-state index in [0.29, 0.717) is 11.6 Å². The van der Waals surface area contributed by atoms with E-state index in [2.05, 4.69) is 31.3 Å². The van der Waals surface area contributed by atoms with Crippen molar-refractivity contribution in [2.24, 2.45) is 0 Å². The summed E-state index contributed by atoms with van der Waals surface area (Å²) in [7, 11) is 1.42. The highest BCUT2D eigenvalue weighted by atomic mass is 79.9. The van der Waals surface area contributed by atoms with Gasteiger partial charge in [0.25, 0.3) is 0 Å². The van der Waals surface area contributed by atoms with Crippen LogP contribution in [0.5, 0.6) is 5.75 Å². The van der Waals surface area contributed by atoms with Gasteiger partial charge in [0.1, 0.15) is 18.1 Å². The van der Waals surface area contributed by atoms with Crippen LogP contribution in [-0.4, -0.2) is 33.1 Å². The van der Waals surface area contributed by atoms with Crippen molar-refractivity contribution in [2.45, 2.75) is 6.54 Å². The Bertz CT molecular complexity index is 880. The number of carbonyl (C=O) groups is 1. The Labute approximate surface area is 145 Å². The van der Waals surface area contributed by atoms with Crippen LogP contribution in [-0.2, 0) is 6.54 Å². The molecule has 0 saturated carbocycles. The highest BCUT2D eigenvalue weighted by Crippen LogP contribution is 2.21. The van der Waals surface area contributed by atoms with Crippen LogP contribution in [0.15, 0.2) is 46.9 Å². The number of tetrazole rings is 1. The number of rotatable bonds is 5. The molecule has 0 radical (unpaired) electrons. The van der Waals surface area contributed by atoms with Gasteiger partial charge in [-0.05, 0) is 47.7 Å². The Balaban J connectivity index is 1.81. The second kappa shape index (κ2) is 6.88. The lowest BCUT2D eigenvalue weighted by Gasteiger charge is -2.06. The third-order valence-corrected chi connectivity index (χ3v) is 3.83. The minimum absolute atomic E-state index is 0.139. The first-order chi connectivity index (χ1) is 11.6. The van der Waals surface area contributed by atoms with E-state index in [1.807, 2.05) is 24.3 Å². The first-order valence-corrected chi connectivity index (χ1v) is 7.76. The summed E-state index contributed by atoms with van der Waals surface area (Å²) in [5.41, 5.74) is 0.917. The normalized spacial score (nSPS) is 10.6. The van der Waals surface area contributed by atoms with Crippen molar-refractivity contribution >= 4 is 21.7 Å². The zero-order chi connectivity index (χ0) is 17.1. The van der Waals surface area contributed by atoms with Crippen LogP contribution >= 0.6 is 15.9 Å². The maximum Gasteiger partial charge on any atom is 0.204 e. The summed E-state index contributed by atoms with van der Waals surface area (Å²) >= 11 is 3.35. The third kappa shape index (κ3) is 3.48. The SMILES string of the molecule is COc1ccc(F)cc1C(=O)Cn1nnc(-c2ccc(Br)cc2)n1. The van der Waals surface area contributed by atoms with Gasteiger partial charge in [0, 0.05) is 10.0 Å². The number of Topliss-reactive ketones (excluding diaryl/α,β-unsaturated/α-hetero) is 1. The predicted molar refractivity (Wildman–Crippen MR) is 88.2 cm³/mol. The maximum absolute atomic E-state index is 13.4. The smallest absolute Gasteiger partial charge is 0.204 e. The number of hydrogen-bond acceptors (Lipinski definition) is 5. The largest absolute Gasteiger partial charge is 0.496 e. The molecule has 8 heteroatoms. The average Bonchev–Trinajstić information content (AvgIpc) is 3.04. The lowest BCUT2D eigenvalue weighted by atomic mass is 10.1. The molecule has 24 heavy (non-hydrogen) atoms. The van der Waals surface area contributed by atoms with Crippen LogP contribution in [0.1, 0.15) is 10.4 Å². The molecule has 1 aromatic heterocycles. The summed E-state index contributed by atoms with van der Waals surface area (Å²) in [6.45, 7) is -0.163. The molecule has 0 N–H and O–H groups in total. The molecule has 0 unspecified atom stereocenters. The predicted octanol–water partition coefficient (Wildman–Crippen LogP) is 3.13. The molecule has 0 fully saturated rings. The molecule has 0 aliphatic heterocycles. The van der Waals surface area contributed by atoms with Crippen molar-refractivity contribution in [3.8, 4) is 17.1 Å². The molecule has 1 heterocycles. The van der Waals surface area contributed by atoms with Gasteiger partial charge in [-0.15, -0.1) is 10.2 Å². The standard InChI is InChI=1S/C16H12BrFN4O2/c1-24-15-7-6-12(18)8-13(15)14(23)9-22-20-16(19-21-22)10-2-4-11(17)5-3-10/h2-8H,9H2,1H3. The molecule has 0 saturated heterocycles. The second-order valence-electron chi connectivity index (χ2n) is 4.92. The van der Waals surface area contributed by atoms with E-state index in [0.717, 1.165) is 16.1 Å². The topological polar surface area (TPSA) is 69.9 Å². The Hall–Kier alpha value is -2.61. The van der Waals surface area contributed by atoms with E-state index in [-0.39, 0.29) is 17.9 Å². The number of aromatic nitrogens is 4. The van der Waals surface area contributed by atoms with E-state index >= 15 is 0 Å². The van der Waals surface area contributed by atoms with E-state index in [4.69, 9.17) is 4.74 Å². The highest BCUT2D eigenvalue weighted by molar-refractivity contribution is 9.10. The Kier molecular flexibility index (Phi) is 4.66. The van der Waals surface area contributed by atoms with Crippen molar-refractivity contribution in [3.63, 3.8) is 0 Å². The Morgan fingerprint density at radius 2 is 2.00 bits per heavy atom. The molecule has 0 aliphatic carbocycles. The van der Waals surface area contributed by atoms with E-state index < -0.39 is 5.82 Å².